The molecule has 1 nitrogen and oxygen atoms in total. The quantitative estimate of drug-likeness (QED) is 0.166. The van der Waals surface area contributed by atoms with Gasteiger partial charge in [0.25, 0.3) is 0 Å². The van der Waals surface area contributed by atoms with Crippen molar-refractivity contribution in [3.05, 3.63) is 0 Å². The minimum absolute atomic E-state index is 0.825. The Hall–Kier alpha value is 0.467. The zero-order valence-corrected chi connectivity index (χ0v) is 17.5. The van der Waals surface area contributed by atoms with Crippen LogP contribution in [0.25, 0.3) is 0 Å². The summed E-state index contributed by atoms with van der Waals surface area (Å²) in [5.41, 5.74) is 0.825. The molecule has 23 heavy (non-hydrogen) atoms. The van der Waals surface area contributed by atoms with Gasteiger partial charge >= 0.3 is 0 Å². The van der Waals surface area contributed by atoms with Gasteiger partial charge in [-0.15, -0.1) is 11.6 Å². The van der Waals surface area contributed by atoms with Crippen molar-refractivity contribution in [1.82, 2.24) is 0 Å². The predicted molar refractivity (Wildman–Crippen MR) is 107 cm³/mol. The fourth-order valence-corrected chi connectivity index (χ4v) is 8.03. The maximum absolute atomic E-state index is 6.32. The lowest BCUT2D eigenvalue weighted by Gasteiger charge is -2.33. The highest BCUT2D eigenvalue weighted by Crippen LogP contribution is 2.30. The van der Waals surface area contributed by atoms with Crippen LogP contribution >= 0.6 is 11.6 Å². The van der Waals surface area contributed by atoms with E-state index >= 15 is 0 Å². The monoisotopic (exact) mass is 360 g/mol. The van der Waals surface area contributed by atoms with Gasteiger partial charge in [-0.1, -0.05) is 96.8 Å². The van der Waals surface area contributed by atoms with Crippen LogP contribution in [0.4, 0.5) is 0 Å². The van der Waals surface area contributed by atoms with Crippen molar-refractivity contribution in [2.45, 2.75) is 115 Å². The molecule has 1 rings (SSSR count). The van der Waals surface area contributed by atoms with Crippen LogP contribution in [-0.2, 0) is 4.43 Å². The molecular formula is C20H41ClOSi. The van der Waals surface area contributed by atoms with Crippen LogP contribution in [-0.4, -0.2) is 20.4 Å². The van der Waals surface area contributed by atoms with E-state index in [1.54, 1.807) is 0 Å². The van der Waals surface area contributed by atoms with E-state index < -0.39 is 8.32 Å². The molecule has 0 saturated carbocycles. The Bertz CT molecular complexity index is 254. The van der Waals surface area contributed by atoms with Crippen molar-refractivity contribution in [2.24, 2.45) is 0 Å². The minimum Gasteiger partial charge on any atom is -0.416 e. The number of hydrogen-bond acceptors (Lipinski definition) is 1. The molecule has 1 heterocycles. The molecule has 0 bridgehead atoms. The molecule has 138 valence electrons. The van der Waals surface area contributed by atoms with E-state index in [2.05, 4.69) is 6.92 Å². The first-order valence-electron chi connectivity index (χ1n) is 10.5. The maximum Gasteiger partial charge on any atom is 0.207 e. The molecule has 0 aliphatic carbocycles. The maximum atomic E-state index is 6.32. The molecule has 1 aliphatic heterocycles. The average Bonchev–Trinajstić information content (AvgIpc) is 2.60. The van der Waals surface area contributed by atoms with Gasteiger partial charge in [-0.2, -0.15) is 0 Å². The first-order valence-corrected chi connectivity index (χ1v) is 13.6. The lowest BCUT2D eigenvalue weighted by atomic mass is 10.1. The Labute approximate surface area is 152 Å². The summed E-state index contributed by atoms with van der Waals surface area (Å²) in [4.78, 5) is 0. The van der Waals surface area contributed by atoms with Gasteiger partial charge in [0.1, 0.15) is 0 Å². The molecule has 0 unspecified atom stereocenters. The van der Waals surface area contributed by atoms with E-state index in [0.717, 1.165) is 12.1 Å². The van der Waals surface area contributed by atoms with E-state index in [1.165, 1.54) is 108 Å². The van der Waals surface area contributed by atoms with E-state index in [4.69, 9.17) is 16.0 Å². The highest BCUT2D eigenvalue weighted by molar-refractivity contribution is 6.80. The van der Waals surface area contributed by atoms with Crippen LogP contribution in [0.3, 0.4) is 0 Å². The van der Waals surface area contributed by atoms with Crippen LogP contribution in [0.5, 0.6) is 0 Å². The van der Waals surface area contributed by atoms with Crippen LogP contribution in [0, 0.1) is 0 Å². The largest absolute Gasteiger partial charge is 0.416 e. The first-order chi connectivity index (χ1) is 11.3. The molecule has 0 aromatic carbocycles. The molecule has 0 radical (unpaired) electrons. The SMILES string of the molecule is CCCCCCCCCCCCCCO[Si]1(CCl)CCCCC1. The number of unbranched alkanes of at least 4 members (excludes halogenated alkanes) is 11. The van der Waals surface area contributed by atoms with Gasteiger partial charge in [-0.3, -0.25) is 0 Å². The smallest absolute Gasteiger partial charge is 0.207 e. The third kappa shape index (κ3) is 10.8. The van der Waals surface area contributed by atoms with E-state index in [9.17, 15) is 0 Å². The van der Waals surface area contributed by atoms with Crippen molar-refractivity contribution in [1.29, 1.82) is 0 Å². The Balaban J connectivity index is 1.82. The Kier molecular flexibility index (Phi) is 13.8. The molecule has 0 spiro atoms. The van der Waals surface area contributed by atoms with Gasteiger partial charge in [0.2, 0.25) is 8.32 Å². The highest BCUT2D eigenvalue weighted by atomic mass is 35.5. The average molecular weight is 361 g/mol. The molecule has 1 fully saturated rings. The van der Waals surface area contributed by atoms with Gasteiger partial charge in [0.05, 0.1) is 0 Å². The van der Waals surface area contributed by atoms with Gasteiger partial charge in [-0.05, 0) is 18.5 Å². The summed E-state index contributed by atoms with van der Waals surface area (Å²) in [6, 6.07) is 2.63. The van der Waals surface area contributed by atoms with Crippen molar-refractivity contribution < 1.29 is 4.43 Å². The van der Waals surface area contributed by atoms with Gasteiger partial charge in [0, 0.05) is 12.1 Å². The fourth-order valence-electron chi connectivity index (χ4n) is 3.74. The first kappa shape index (κ1) is 21.5. The Morgan fingerprint density at radius 1 is 0.696 bits per heavy atom. The van der Waals surface area contributed by atoms with Crippen LogP contribution in [0.15, 0.2) is 0 Å². The fraction of sp³-hybridized carbons (Fsp3) is 1.00. The normalized spacial score (nSPS) is 17.5. The van der Waals surface area contributed by atoms with E-state index in [0.29, 0.717) is 0 Å². The lowest BCUT2D eigenvalue weighted by molar-refractivity contribution is 0.282. The molecule has 0 N–H and O–H groups in total. The van der Waals surface area contributed by atoms with Crippen molar-refractivity contribution in [2.75, 3.05) is 12.1 Å². The molecule has 1 saturated heterocycles. The summed E-state index contributed by atoms with van der Waals surface area (Å²) < 4.78 is 6.32. The van der Waals surface area contributed by atoms with Gasteiger partial charge in [-0.25, -0.2) is 0 Å². The second kappa shape index (κ2) is 14.8. The molecule has 1 aliphatic rings. The molecule has 0 atom stereocenters. The van der Waals surface area contributed by atoms with Crippen LogP contribution in [0.2, 0.25) is 12.1 Å². The second-order valence-electron chi connectivity index (χ2n) is 7.61. The topological polar surface area (TPSA) is 9.23 Å². The van der Waals surface area contributed by atoms with Crippen molar-refractivity contribution in [3.63, 3.8) is 0 Å². The summed E-state index contributed by atoms with van der Waals surface area (Å²) in [5.74, 6) is 0. The summed E-state index contributed by atoms with van der Waals surface area (Å²) in [6.45, 7) is 3.27. The number of alkyl halides is 1. The second-order valence-corrected chi connectivity index (χ2v) is 12.3. The predicted octanol–water partition coefficient (Wildman–Crippen LogP) is 7.61. The summed E-state index contributed by atoms with van der Waals surface area (Å²) in [5, 5.41) is 0. The Morgan fingerprint density at radius 3 is 1.65 bits per heavy atom. The number of halogens is 1. The zero-order chi connectivity index (χ0) is 16.6. The zero-order valence-electron chi connectivity index (χ0n) is 15.7. The van der Waals surface area contributed by atoms with Crippen LogP contribution < -0.4 is 0 Å². The summed E-state index contributed by atoms with van der Waals surface area (Å²) in [6.07, 6.45) is 21.0. The number of rotatable bonds is 15. The molecule has 3 heteroatoms. The molecule has 0 aromatic rings. The highest BCUT2D eigenvalue weighted by Gasteiger charge is 2.35. The number of hydrogen-bond donors (Lipinski definition) is 0. The van der Waals surface area contributed by atoms with Crippen molar-refractivity contribution >= 4 is 19.9 Å². The third-order valence-electron chi connectivity index (χ3n) is 5.41. The summed E-state index contributed by atoms with van der Waals surface area (Å²) in [7, 11) is -1.49. The summed E-state index contributed by atoms with van der Waals surface area (Å²) >= 11 is 6.22. The Morgan fingerprint density at radius 2 is 1.17 bits per heavy atom. The lowest BCUT2D eigenvalue weighted by Crippen LogP contribution is -2.43. The third-order valence-corrected chi connectivity index (χ3v) is 10.7. The van der Waals surface area contributed by atoms with E-state index in [1.807, 2.05) is 0 Å². The van der Waals surface area contributed by atoms with Crippen LogP contribution in [0.1, 0.15) is 103 Å². The molecule has 0 aromatic heterocycles. The van der Waals surface area contributed by atoms with Gasteiger partial charge < -0.3 is 4.43 Å². The molecular weight excluding hydrogens is 320 g/mol. The minimum atomic E-state index is -1.49. The molecule has 0 amide bonds. The van der Waals surface area contributed by atoms with E-state index in [-0.39, 0.29) is 0 Å². The van der Waals surface area contributed by atoms with Gasteiger partial charge in [0.15, 0.2) is 0 Å². The standard InChI is InChI=1S/C20H41ClOSi/c1-2-3-4-5-6-7-8-9-10-11-12-14-17-22-23(20-21)18-15-13-16-19-23/h2-20H2,1H3. The van der Waals surface area contributed by atoms with Crippen molar-refractivity contribution in [3.8, 4) is 0 Å².